The van der Waals surface area contributed by atoms with Gasteiger partial charge in [0.2, 0.25) is 0 Å². The molecule has 1 rings (SSSR count). The molecule has 0 aliphatic rings. The Hall–Kier alpha value is -1.61. The van der Waals surface area contributed by atoms with Crippen molar-refractivity contribution in [1.82, 2.24) is 0 Å². The summed E-state index contributed by atoms with van der Waals surface area (Å²) >= 11 is 0. The summed E-state index contributed by atoms with van der Waals surface area (Å²) < 4.78 is 0. The number of hydrogen-bond donors (Lipinski definition) is 1. The topological polar surface area (TPSA) is 52.3 Å². The van der Waals surface area contributed by atoms with Crippen molar-refractivity contribution >= 4 is 5.97 Å². The van der Waals surface area contributed by atoms with Crippen molar-refractivity contribution in [3.8, 4) is 0 Å². The SMILES string of the molecule is C/C(Cc1ccccc1)=C(\C)C(=O)ON. The van der Waals surface area contributed by atoms with Crippen molar-refractivity contribution in [2.24, 2.45) is 5.90 Å². The van der Waals surface area contributed by atoms with Crippen molar-refractivity contribution in [2.75, 3.05) is 0 Å². The fourth-order valence-corrected chi connectivity index (χ4v) is 1.30. The van der Waals surface area contributed by atoms with Gasteiger partial charge in [0, 0.05) is 5.57 Å². The number of rotatable bonds is 3. The maximum atomic E-state index is 11.1. The van der Waals surface area contributed by atoms with Gasteiger partial charge in [-0.15, -0.1) is 0 Å². The van der Waals surface area contributed by atoms with Gasteiger partial charge in [0.15, 0.2) is 0 Å². The van der Waals surface area contributed by atoms with Gasteiger partial charge in [-0.05, 0) is 25.8 Å². The summed E-state index contributed by atoms with van der Waals surface area (Å²) in [6.45, 7) is 3.62. The minimum atomic E-state index is -0.469. The molecule has 3 heteroatoms. The molecule has 0 aromatic heterocycles. The third-order valence-electron chi connectivity index (χ3n) is 2.37. The first kappa shape index (κ1) is 11.5. The summed E-state index contributed by atoms with van der Waals surface area (Å²) in [6, 6.07) is 9.94. The molecule has 0 unspecified atom stereocenters. The molecule has 0 heterocycles. The highest BCUT2D eigenvalue weighted by molar-refractivity contribution is 5.88. The van der Waals surface area contributed by atoms with Gasteiger partial charge in [-0.2, -0.15) is 5.90 Å². The van der Waals surface area contributed by atoms with E-state index in [1.807, 2.05) is 37.3 Å². The lowest BCUT2D eigenvalue weighted by Gasteiger charge is -2.05. The fraction of sp³-hybridized carbons (Fsp3) is 0.250. The van der Waals surface area contributed by atoms with Gasteiger partial charge in [-0.25, -0.2) is 4.79 Å². The largest absolute Gasteiger partial charge is 0.370 e. The Bertz CT molecular complexity index is 368. The smallest absolute Gasteiger partial charge is 0.352 e. The lowest BCUT2D eigenvalue weighted by Crippen LogP contribution is -2.12. The van der Waals surface area contributed by atoms with E-state index in [4.69, 9.17) is 5.90 Å². The van der Waals surface area contributed by atoms with E-state index in [9.17, 15) is 4.79 Å². The second-order valence-electron chi connectivity index (χ2n) is 3.47. The molecule has 0 aliphatic carbocycles. The number of nitrogens with two attached hydrogens (primary N) is 1. The van der Waals surface area contributed by atoms with Gasteiger partial charge in [-0.3, -0.25) is 0 Å². The summed E-state index contributed by atoms with van der Waals surface area (Å²) in [6.07, 6.45) is 0.738. The van der Waals surface area contributed by atoms with Gasteiger partial charge in [0.1, 0.15) is 0 Å². The molecule has 0 saturated carbocycles. The van der Waals surface area contributed by atoms with E-state index in [1.165, 1.54) is 5.56 Å². The van der Waals surface area contributed by atoms with Crippen molar-refractivity contribution in [1.29, 1.82) is 0 Å². The average molecular weight is 205 g/mol. The first-order valence-corrected chi connectivity index (χ1v) is 4.76. The Balaban J connectivity index is 2.78. The predicted molar refractivity (Wildman–Crippen MR) is 58.8 cm³/mol. The van der Waals surface area contributed by atoms with E-state index in [0.717, 1.165) is 12.0 Å². The van der Waals surface area contributed by atoms with Gasteiger partial charge in [0.25, 0.3) is 0 Å². The van der Waals surface area contributed by atoms with Gasteiger partial charge in [0.05, 0.1) is 0 Å². The van der Waals surface area contributed by atoms with E-state index < -0.39 is 5.97 Å². The fourth-order valence-electron chi connectivity index (χ4n) is 1.30. The summed E-state index contributed by atoms with van der Waals surface area (Å²) in [5, 5.41) is 0. The predicted octanol–water partition coefficient (Wildman–Crippen LogP) is 1.98. The van der Waals surface area contributed by atoms with Crippen LogP contribution in [0.4, 0.5) is 0 Å². The minimum Gasteiger partial charge on any atom is -0.370 e. The molecule has 0 amide bonds. The molecule has 3 nitrogen and oxygen atoms in total. The zero-order valence-corrected chi connectivity index (χ0v) is 8.99. The van der Waals surface area contributed by atoms with Crippen LogP contribution in [0.15, 0.2) is 41.5 Å². The molecule has 15 heavy (non-hydrogen) atoms. The van der Waals surface area contributed by atoms with Crippen LogP contribution in [0, 0.1) is 0 Å². The summed E-state index contributed by atoms with van der Waals surface area (Å²) in [5.74, 6) is 4.35. The molecule has 2 N–H and O–H groups in total. The monoisotopic (exact) mass is 205 g/mol. The van der Waals surface area contributed by atoms with Gasteiger partial charge >= 0.3 is 5.97 Å². The zero-order chi connectivity index (χ0) is 11.3. The van der Waals surface area contributed by atoms with E-state index in [0.29, 0.717) is 5.57 Å². The van der Waals surface area contributed by atoms with Crippen LogP contribution in [0.1, 0.15) is 19.4 Å². The highest BCUT2D eigenvalue weighted by Gasteiger charge is 2.08. The number of hydrogen-bond acceptors (Lipinski definition) is 3. The first-order valence-electron chi connectivity index (χ1n) is 4.76. The molecule has 0 saturated heterocycles. The Labute approximate surface area is 89.5 Å². The molecule has 0 aliphatic heterocycles. The number of allylic oxidation sites excluding steroid dienone is 1. The number of benzene rings is 1. The zero-order valence-electron chi connectivity index (χ0n) is 8.99. The van der Waals surface area contributed by atoms with E-state index >= 15 is 0 Å². The van der Waals surface area contributed by atoms with E-state index in [-0.39, 0.29) is 0 Å². The Morgan fingerprint density at radius 3 is 2.40 bits per heavy atom. The standard InChI is InChI=1S/C12H15NO2/c1-9(10(2)12(14)15-13)8-11-6-4-3-5-7-11/h3-7H,8,13H2,1-2H3/b10-9-. The highest BCUT2D eigenvalue weighted by Crippen LogP contribution is 2.12. The lowest BCUT2D eigenvalue weighted by atomic mass is 10.0. The van der Waals surface area contributed by atoms with Crippen LogP contribution >= 0.6 is 0 Å². The van der Waals surface area contributed by atoms with Crippen LogP contribution in [-0.4, -0.2) is 5.97 Å². The molecular formula is C12H15NO2. The molecule has 0 spiro atoms. The molecule has 0 fully saturated rings. The quantitative estimate of drug-likeness (QED) is 0.606. The second-order valence-corrected chi connectivity index (χ2v) is 3.47. The Kier molecular flexibility index (Phi) is 4.06. The molecule has 1 aromatic rings. The van der Waals surface area contributed by atoms with Crippen LogP contribution < -0.4 is 5.90 Å². The van der Waals surface area contributed by atoms with Crippen molar-refractivity contribution in [3.05, 3.63) is 47.0 Å². The first-order chi connectivity index (χ1) is 7.15. The molecule has 0 radical (unpaired) electrons. The van der Waals surface area contributed by atoms with Crippen molar-refractivity contribution < 1.29 is 9.63 Å². The maximum absolute atomic E-state index is 11.1. The van der Waals surface area contributed by atoms with Crippen LogP contribution in [0.25, 0.3) is 0 Å². The third kappa shape index (κ3) is 3.22. The van der Waals surface area contributed by atoms with Crippen LogP contribution in [0.5, 0.6) is 0 Å². The normalized spacial score (nSPS) is 11.9. The molecule has 80 valence electrons. The summed E-state index contributed by atoms with van der Waals surface area (Å²) in [5.41, 5.74) is 2.71. The summed E-state index contributed by atoms with van der Waals surface area (Å²) in [7, 11) is 0. The van der Waals surface area contributed by atoms with Crippen LogP contribution in [0.3, 0.4) is 0 Å². The van der Waals surface area contributed by atoms with Crippen molar-refractivity contribution in [3.63, 3.8) is 0 Å². The van der Waals surface area contributed by atoms with Crippen LogP contribution in [-0.2, 0) is 16.1 Å². The Morgan fingerprint density at radius 1 is 1.27 bits per heavy atom. The number of carbonyl (C=O) groups excluding carboxylic acids is 1. The van der Waals surface area contributed by atoms with Gasteiger partial charge in [-0.1, -0.05) is 35.9 Å². The maximum Gasteiger partial charge on any atom is 0.352 e. The molecule has 0 atom stereocenters. The minimum absolute atomic E-state index is 0.469. The van der Waals surface area contributed by atoms with Crippen LogP contribution in [0.2, 0.25) is 0 Å². The highest BCUT2D eigenvalue weighted by atomic mass is 16.7. The third-order valence-corrected chi connectivity index (χ3v) is 2.37. The summed E-state index contributed by atoms with van der Waals surface area (Å²) in [4.78, 5) is 15.3. The van der Waals surface area contributed by atoms with Gasteiger partial charge < -0.3 is 4.84 Å². The average Bonchev–Trinajstić information content (AvgIpc) is 2.28. The second kappa shape index (κ2) is 5.32. The van der Waals surface area contributed by atoms with E-state index in [2.05, 4.69) is 4.84 Å². The van der Waals surface area contributed by atoms with E-state index in [1.54, 1.807) is 6.92 Å². The molecule has 0 bridgehead atoms. The Morgan fingerprint density at radius 2 is 1.87 bits per heavy atom. The lowest BCUT2D eigenvalue weighted by molar-refractivity contribution is -0.139. The van der Waals surface area contributed by atoms with Crippen molar-refractivity contribution in [2.45, 2.75) is 20.3 Å². The molecule has 1 aromatic carbocycles. The number of carbonyl (C=O) groups is 1. The molecular weight excluding hydrogens is 190 g/mol.